The molecule has 0 radical (unpaired) electrons. The standard InChI is InChI=1S/C14H12O/c1-10-6-5-8-12-11-7-3-2-4-9-13(11)15-14(10)12/h2-6,8-9H,7H2,1H3. The zero-order chi connectivity index (χ0) is 10.3. The predicted molar refractivity (Wildman–Crippen MR) is 62.8 cm³/mol. The van der Waals surface area contributed by atoms with Crippen LogP contribution >= 0.6 is 0 Å². The van der Waals surface area contributed by atoms with Crippen LogP contribution in [0.1, 0.15) is 16.9 Å². The Hall–Kier alpha value is -1.76. The van der Waals surface area contributed by atoms with Gasteiger partial charge in [-0.1, -0.05) is 36.4 Å². The molecular formula is C14H12O. The van der Waals surface area contributed by atoms with Crippen LogP contribution in [0.4, 0.5) is 0 Å². The van der Waals surface area contributed by atoms with E-state index in [4.69, 9.17) is 4.42 Å². The molecule has 1 aliphatic rings. The van der Waals surface area contributed by atoms with Crippen LogP contribution in [0.3, 0.4) is 0 Å². The molecule has 0 spiro atoms. The maximum atomic E-state index is 5.87. The van der Waals surface area contributed by atoms with Gasteiger partial charge in [-0.25, -0.2) is 0 Å². The smallest absolute Gasteiger partial charge is 0.137 e. The van der Waals surface area contributed by atoms with E-state index < -0.39 is 0 Å². The number of hydrogen-bond donors (Lipinski definition) is 0. The first-order chi connectivity index (χ1) is 7.36. The SMILES string of the molecule is Cc1cccc2c3c(oc12)C=CC=CC3. The normalized spacial score (nSPS) is 14.2. The van der Waals surface area contributed by atoms with Gasteiger partial charge in [-0.3, -0.25) is 0 Å². The highest BCUT2D eigenvalue weighted by Crippen LogP contribution is 2.30. The highest BCUT2D eigenvalue weighted by Gasteiger charge is 2.12. The zero-order valence-corrected chi connectivity index (χ0v) is 8.66. The quantitative estimate of drug-likeness (QED) is 0.623. The summed E-state index contributed by atoms with van der Waals surface area (Å²) in [5.74, 6) is 1.00. The molecule has 0 saturated heterocycles. The van der Waals surface area contributed by atoms with Crippen LogP contribution in [-0.2, 0) is 6.42 Å². The van der Waals surface area contributed by atoms with Crippen LogP contribution in [0.2, 0.25) is 0 Å². The van der Waals surface area contributed by atoms with Crippen LogP contribution in [-0.4, -0.2) is 0 Å². The van der Waals surface area contributed by atoms with Crippen molar-refractivity contribution >= 4 is 17.0 Å². The minimum Gasteiger partial charge on any atom is -0.456 e. The summed E-state index contributed by atoms with van der Waals surface area (Å²) in [5, 5.41) is 1.25. The molecule has 1 aromatic carbocycles. The number of fused-ring (bicyclic) bond motifs is 3. The molecule has 0 bridgehead atoms. The summed E-state index contributed by atoms with van der Waals surface area (Å²) in [4.78, 5) is 0. The van der Waals surface area contributed by atoms with Crippen LogP contribution < -0.4 is 0 Å². The molecule has 1 heterocycles. The largest absolute Gasteiger partial charge is 0.456 e. The number of hydrogen-bond acceptors (Lipinski definition) is 1. The van der Waals surface area contributed by atoms with Crippen molar-refractivity contribution in [2.24, 2.45) is 0 Å². The third-order valence-electron chi connectivity index (χ3n) is 2.86. The van der Waals surface area contributed by atoms with Crippen LogP contribution in [0.5, 0.6) is 0 Å². The van der Waals surface area contributed by atoms with E-state index in [2.05, 4.69) is 37.3 Å². The monoisotopic (exact) mass is 196 g/mol. The molecule has 0 amide bonds. The highest BCUT2D eigenvalue weighted by atomic mass is 16.3. The molecule has 0 atom stereocenters. The van der Waals surface area contributed by atoms with E-state index in [1.807, 2.05) is 12.2 Å². The fourth-order valence-electron chi connectivity index (χ4n) is 2.08. The van der Waals surface area contributed by atoms with E-state index in [1.54, 1.807) is 0 Å². The number of para-hydroxylation sites is 1. The fourth-order valence-corrected chi connectivity index (χ4v) is 2.08. The molecule has 74 valence electrons. The summed E-state index contributed by atoms with van der Waals surface area (Å²) in [6.45, 7) is 2.09. The number of allylic oxidation sites excluding steroid dienone is 3. The highest BCUT2D eigenvalue weighted by molar-refractivity contribution is 5.87. The average Bonchev–Trinajstić information content (AvgIpc) is 2.45. The molecule has 3 rings (SSSR count). The van der Waals surface area contributed by atoms with Crippen molar-refractivity contribution in [1.82, 2.24) is 0 Å². The summed E-state index contributed by atoms with van der Waals surface area (Å²) < 4.78 is 5.87. The van der Waals surface area contributed by atoms with Gasteiger partial charge in [0.05, 0.1) is 0 Å². The van der Waals surface area contributed by atoms with Crippen molar-refractivity contribution in [3.63, 3.8) is 0 Å². The minimum atomic E-state index is 0.957. The first-order valence-electron chi connectivity index (χ1n) is 5.20. The second-order valence-corrected chi connectivity index (χ2v) is 3.89. The van der Waals surface area contributed by atoms with Crippen molar-refractivity contribution in [3.05, 3.63) is 53.3 Å². The lowest BCUT2D eigenvalue weighted by Gasteiger charge is -1.94. The van der Waals surface area contributed by atoms with Crippen LogP contribution in [0.15, 0.2) is 40.8 Å². The number of rotatable bonds is 0. The molecule has 0 fully saturated rings. The molecule has 0 aliphatic heterocycles. The molecule has 0 unspecified atom stereocenters. The van der Waals surface area contributed by atoms with Crippen LogP contribution in [0, 0.1) is 6.92 Å². The van der Waals surface area contributed by atoms with E-state index in [-0.39, 0.29) is 0 Å². The summed E-state index contributed by atoms with van der Waals surface area (Å²) >= 11 is 0. The summed E-state index contributed by atoms with van der Waals surface area (Å²) in [6.07, 6.45) is 9.26. The Bertz CT molecular complexity index is 570. The Morgan fingerprint density at radius 2 is 2.13 bits per heavy atom. The Labute approximate surface area is 88.7 Å². The van der Waals surface area contributed by atoms with Crippen molar-refractivity contribution in [2.45, 2.75) is 13.3 Å². The molecule has 2 aromatic rings. The zero-order valence-electron chi connectivity index (χ0n) is 8.66. The van der Waals surface area contributed by atoms with Gasteiger partial charge < -0.3 is 4.42 Å². The summed E-state index contributed by atoms with van der Waals surface area (Å²) in [7, 11) is 0. The van der Waals surface area contributed by atoms with E-state index in [0.717, 1.165) is 17.8 Å². The lowest BCUT2D eigenvalue weighted by atomic mass is 10.1. The van der Waals surface area contributed by atoms with Gasteiger partial charge in [0, 0.05) is 10.9 Å². The summed E-state index contributed by atoms with van der Waals surface area (Å²) in [5.41, 5.74) is 3.54. The molecule has 0 saturated carbocycles. The molecule has 0 N–H and O–H groups in total. The predicted octanol–water partition coefficient (Wildman–Crippen LogP) is 3.87. The Kier molecular flexibility index (Phi) is 1.78. The van der Waals surface area contributed by atoms with Crippen LogP contribution in [0.25, 0.3) is 17.0 Å². The van der Waals surface area contributed by atoms with E-state index in [1.165, 1.54) is 16.5 Å². The Balaban J connectivity index is 2.39. The van der Waals surface area contributed by atoms with E-state index in [0.29, 0.717) is 0 Å². The van der Waals surface area contributed by atoms with Gasteiger partial charge in [0.2, 0.25) is 0 Å². The van der Waals surface area contributed by atoms with Gasteiger partial charge in [-0.05, 0) is 25.0 Å². The maximum Gasteiger partial charge on any atom is 0.137 e. The van der Waals surface area contributed by atoms with Crippen molar-refractivity contribution in [2.75, 3.05) is 0 Å². The molecule has 1 heteroatoms. The van der Waals surface area contributed by atoms with Gasteiger partial charge in [0.25, 0.3) is 0 Å². The topological polar surface area (TPSA) is 13.1 Å². The van der Waals surface area contributed by atoms with E-state index in [9.17, 15) is 0 Å². The number of benzene rings is 1. The third-order valence-corrected chi connectivity index (χ3v) is 2.86. The lowest BCUT2D eigenvalue weighted by Crippen LogP contribution is -1.80. The van der Waals surface area contributed by atoms with E-state index >= 15 is 0 Å². The lowest BCUT2D eigenvalue weighted by molar-refractivity contribution is 0.598. The second kappa shape index (κ2) is 3.13. The Morgan fingerprint density at radius 1 is 1.20 bits per heavy atom. The first-order valence-corrected chi connectivity index (χ1v) is 5.20. The van der Waals surface area contributed by atoms with Gasteiger partial charge in [0.1, 0.15) is 11.3 Å². The minimum absolute atomic E-state index is 0.957. The third kappa shape index (κ3) is 1.23. The second-order valence-electron chi connectivity index (χ2n) is 3.89. The first kappa shape index (κ1) is 8.54. The number of furan rings is 1. The molecule has 1 aromatic heterocycles. The van der Waals surface area contributed by atoms with Crippen molar-refractivity contribution in [1.29, 1.82) is 0 Å². The van der Waals surface area contributed by atoms with Gasteiger partial charge in [-0.15, -0.1) is 0 Å². The molecule has 1 nitrogen and oxygen atoms in total. The molecule has 1 aliphatic carbocycles. The van der Waals surface area contributed by atoms with Crippen molar-refractivity contribution in [3.8, 4) is 0 Å². The fraction of sp³-hybridized carbons (Fsp3) is 0.143. The van der Waals surface area contributed by atoms with Gasteiger partial charge in [-0.2, -0.15) is 0 Å². The molecule has 15 heavy (non-hydrogen) atoms. The Morgan fingerprint density at radius 3 is 3.07 bits per heavy atom. The maximum absolute atomic E-state index is 5.87. The van der Waals surface area contributed by atoms with Gasteiger partial charge >= 0.3 is 0 Å². The van der Waals surface area contributed by atoms with Gasteiger partial charge in [0.15, 0.2) is 0 Å². The number of aryl methyl sites for hydroxylation is 1. The molecular weight excluding hydrogens is 184 g/mol. The van der Waals surface area contributed by atoms with Crippen molar-refractivity contribution < 1.29 is 4.42 Å². The average molecular weight is 196 g/mol. The summed E-state index contributed by atoms with van der Waals surface area (Å²) in [6, 6.07) is 6.31.